The Hall–Kier alpha value is -0.910. The number of hydrogen-bond donors (Lipinski definition) is 2. The second kappa shape index (κ2) is 6.87. The molecule has 0 saturated heterocycles. The molecule has 0 aliphatic rings. The lowest BCUT2D eigenvalue weighted by Crippen LogP contribution is -2.27. The largest absolute Gasteiger partial charge is 0.310 e. The van der Waals surface area contributed by atoms with Gasteiger partial charge in [0, 0.05) is 12.6 Å². The molecule has 0 aliphatic carbocycles. The number of nitrogens with one attached hydrogen (secondary N) is 1. The standard InChI is InChI=1S/C13H22N2O2S/c1-3-5-12(4-2)15-10-11-6-8-13(9-7-11)18(14,16)17/h6-9,12,15H,3-5,10H2,1-2H3,(H2,14,16,17). The topological polar surface area (TPSA) is 72.2 Å². The SMILES string of the molecule is CCCC(CC)NCc1ccc(S(N)(=O)=O)cc1. The third-order valence-corrected chi connectivity index (χ3v) is 3.91. The van der Waals surface area contributed by atoms with E-state index < -0.39 is 10.0 Å². The zero-order valence-electron chi connectivity index (χ0n) is 11.0. The number of benzene rings is 1. The molecular weight excluding hydrogens is 248 g/mol. The summed E-state index contributed by atoms with van der Waals surface area (Å²) in [5.74, 6) is 0. The van der Waals surface area contributed by atoms with Crippen LogP contribution in [0.5, 0.6) is 0 Å². The molecule has 5 heteroatoms. The van der Waals surface area contributed by atoms with E-state index in [-0.39, 0.29) is 4.90 Å². The molecule has 18 heavy (non-hydrogen) atoms. The Morgan fingerprint density at radius 2 is 1.83 bits per heavy atom. The van der Waals surface area contributed by atoms with Gasteiger partial charge in [-0.25, -0.2) is 13.6 Å². The zero-order chi connectivity index (χ0) is 13.6. The molecule has 0 spiro atoms. The van der Waals surface area contributed by atoms with E-state index >= 15 is 0 Å². The molecule has 1 aromatic carbocycles. The van der Waals surface area contributed by atoms with Crippen molar-refractivity contribution in [2.75, 3.05) is 0 Å². The van der Waals surface area contributed by atoms with Gasteiger partial charge in [-0.3, -0.25) is 0 Å². The van der Waals surface area contributed by atoms with Gasteiger partial charge < -0.3 is 5.32 Å². The Bertz CT molecular complexity index is 454. The van der Waals surface area contributed by atoms with Gasteiger partial charge in [0.1, 0.15) is 0 Å². The molecular formula is C13H22N2O2S. The Kier molecular flexibility index (Phi) is 5.78. The molecule has 102 valence electrons. The first-order chi connectivity index (χ1) is 8.47. The summed E-state index contributed by atoms with van der Waals surface area (Å²) in [6, 6.07) is 7.21. The van der Waals surface area contributed by atoms with E-state index in [2.05, 4.69) is 19.2 Å². The van der Waals surface area contributed by atoms with E-state index in [1.807, 2.05) is 0 Å². The van der Waals surface area contributed by atoms with Crippen molar-refractivity contribution in [3.05, 3.63) is 29.8 Å². The second-order valence-corrected chi connectivity index (χ2v) is 6.03. The molecule has 1 atom stereocenters. The van der Waals surface area contributed by atoms with Gasteiger partial charge in [0.2, 0.25) is 10.0 Å². The van der Waals surface area contributed by atoms with Crippen molar-refractivity contribution < 1.29 is 8.42 Å². The first-order valence-corrected chi connectivity index (χ1v) is 7.87. The highest BCUT2D eigenvalue weighted by molar-refractivity contribution is 7.89. The van der Waals surface area contributed by atoms with E-state index in [1.54, 1.807) is 24.3 Å². The minimum atomic E-state index is -3.58. The molecule has 1 unspecified atom stereocenters. The maximum atomic E-state index is 11.1. The van der Waals surface area contributed by atoms with Gasteiger partial charge >= 0.3 is 0 Å². The van der Waals surface area contributed by atoms with E-state index in [9.17, 15) is 8.42 Å². The van der Waals surface area contributed by atoms with E-state index in [4.69, 9.17) is 5.14 Å². The predicted molar refractivity (Wildman–Crippen MR) is 73.6 cm³/mol. The fourth-order valence-electron chi connectivity index (χ4n) is 1.86. The van der Waals surface area contributed by atoms with Crippen molar-refractivity contribution in [2.45, 2.75) is 50.6 Å². The van der Waals surface area contributed by atoms with Gasteiger partial charge in [-0.15, -0.1) is 0 Å². The van der Waals surface area contributed by atoms with Crippen LogP contribution >= 0.6 is 0 Å². The summed E-state index contributed by atoms with van der Waals surface area (Å²) in [5, 5.41) is 8.51. The molecule has 0 heterocycles. The molecule has 0 radical (unpaired) electrons. The van der Waals surface area contributed by atoms with Gasteiger partial charge in [-0.05, 0) is 30.5 Å². The van der Waals surface area contributed by atoms with E-state index in [0.29, 0.717) is 6.04 Å². The summed E-state index contributed by atoms with van der Waals surface area (Å²) in [4.78, 5) is 0.159. The lowest BCUT2D eigenvalue weighted by atomic mass is 10.1. The molecule has 0 aromatic heterocycles. The van der Waals surface area contributed by atoms with E-state index in [1.165, 1.54) is 0 Å². The van der Waals surface area contributed by atoms with Crippen LogP contribution in [0.1, 0.15) is 38.7 Å². The monoisotopic (exact) mass is 270 g/mol. The summed E-state index contributed by atoms with van der Waals surface area (Å²) in [5.41, 5.74) is 1.07. The van der Waals surface area contributed by atoms with Crippen LogP contribution in [0.15, 0.2) is 29.2 Å². The van der Waals surface area contributed by atoms with E-state index in [0.717, 1.165) is 31.4 Å². The predicted octanol–water partition coefficient (Wildman–Crippen LogP) is 2.00. The molecule has 0 fully saturated rings. The van der Waals surface area contributed by atoms with Gasteiger partial charge in [-0.1, -0.05) is 32.4 Å². The molecule has 0 aliphatic heterocycles. The Balaban J connectivity index is 2.59. The highest BCUT2D eigenvalue weighted by atomic mass is 32.2. The minimum Gasteiger partial charge on any atom is -0.310 e. The Morgan fingerprint density at radius 1 is 1.22 bits per heavy atom. The van der Waals surface area contributed by atoms with Gasteiger partial charge in [-0.2, -0.15) is 0 Å². The lowest BCUT2D eigenvalue weighted by Gasteiger charge is -2.16. The van der Waals surface area contributed by atoms with Gasteiger partial charge in [0.25, 0.3) is 0 Å². The molecule has 4 nitrogen and oxygen atoms in total. The summed E-state index contributed by atoms with van der Waals surface area (Å²) >= 11 is 0. The van der Waals surface area contributed by atoms with Crippen LogP contribution in [0, 0.1) is 0 Å². The normalized spacial score (nSPS) is 13.5. The number of sulfonamides is 1. The van der Waals surface area contributed by atoms with Crippen LogP contribution < -0.4 is 10.5 Å². The first kappa shape index (κ1) is 15.1. The maximum Gasteiger partial charge on any atom is 0.238 e. The fraction of sp³-hybridized carbons (Fsp3) is 0.538. The molecule has 1 aromatic rings. The third-order valence-electron chi connectivity index (χ3n) is 2.98. The van der Waals surface area contributed by atoms with Crippen LogP contribution in [0.25, 0.3) is 0 Å². The molecule has 3 N–H and O–H groups in total. The van der Waals surface area contributed by atoms with Crippen LogP contribution in [-0.4, -0.2) is 14.5 Å². The number of nitrogens with two attached hydrogens (primary N) is 1. The molecule has 0 bridgehead atoms. The number of hydrogen-bond acceptors (Lipinski definition) is 3. The summed E-state index contributed by atoms with van der Waals surface area (Å²) in [6.45, 7) is 5.09. The van der Waals surface area contributed by atoms with Crippen molar-refractivity contribution in [3.63, 3.8) is 0 Å². The third kappa shape index (κ3) is 4.76. The lowest BCUT2D eigenvalue weighted by molar-refractivity contribution is 0.462. The minimum absolute atomic E-state index is 0.159. The van der Waals surface area contributed by atoms with Crippen LogP contribution in [0.2, 0.25) is 0 Å². The smallest absolute Gasteiger partial charge is 0.238 e. The molecule has 1 rings (SSSR count). The highest BCUT2D eigenvalue weighted by Crippen LogP contribution is 2.09. The van der Waals surface area contributed by atoms with Crippen molar-refractivity contribution in [3.8, 4) is 0 Å². The summed E-state index contributed by atoms with van der Waals surface area (Å²) < 4.78 is 22.2. The van der Waals surface area contributed by atoms with Gasteiger partial charge in [0.15, 0.2) is 0 Å². The first-order valence-electron chi connectivity index (χ1n) is 6.32. The van der Waals surface area contributed by atoms with Crippen molar-refractivity contribution >= 4 is 10.0 Å². The number of primary sulfonamides is 1. The molecule has 0 saturated carbocycles. The van der Waals surface area contributed by atoms with Crippen molar-refractivity contribution in [1.29, 1.82) is 0 Å². The summed E-state index contributed by atoms with van der Waals surface area (Å²) in [6.07, 6.45) is 3.42. The van der Waals surface area contributed by atoms with Crippen molar-refractivity contribution in [2.24, 2.45) is 5.14 Å². The highest BCUT2D eigenvalue weighted by Gasteiger charge is 2.07. The Morgan fingerprint density at radius 3 is 2.28 bits per heavy atom. The fourth-order valence-corrected chi connectivity index (χ4v) is 2.37. The summed E-state index contributed by atoms with van der Waals surface area (Å²) in [7, 11) is -3.58. The number of rotatable bonds is 7. The average Bonchev–Trinajstić information content (AvgIpc) is 2.34. The second-order valence-electron chi connectivity index (χ2n) is 4.46. The average molecular weight is 270 g/mol. The zero-order valence-corrected chi connectivity index (χ0v) is 11.8. The van der Waals surface area contributed by atoms with Crippen LogP contribution in [0.4, 0.5) is 0 Å². The van der Waals surface area contributed by atoms with Crippen LogP contribution in [0.3, 0.4) is 0 Å². The molecule has 0 amide bonds. The van der Waals surface area contributed by atoms with Crippen LogP contribution in [-0.2, 0) is 16.6 Å². The van der Waals surface area contributed by atoms with Crippen molar-refractivity contribution in [1.82, 2.24) is 5.32 Å². The quantitative estimate of drug-likeness (QED) is 0.796. The van der Waals surface area contributed by atoms with Gasteiger partial charge in [0.05, 0.1) is 4.90 Å². The maximum absolute atomic E-state index is 11.1. The Labute approximate surface area is 110 Å².